The zero-order chi connectivity index (χ0) is 18.6. The Bertz CT molecular complexity index is 757. The average molecular weight is 437 g/mol. The van der Waals surface area contributed by atoms with Crippen molar-refractivity contribution in [3.05, 3.63) is 28.5 Å². The highest BCUT2D eigenvalue weighted by Gasteiger charge is 2.28. The Labute approximate surface area is 153 Å². The zero-order valence-electron chi connectivity index (χ0n) is 13.5. The average Bonchev–Trinajstić information content (AvgIpc) is 2.53. The van der Waals surface area contributed by atoms with E-state index in [9.17, 15) is 22.4 Å². The predicted octanol–water partition coefficient (Wildman–Crippen LogP) is 0.729. The lowest BCUT2D eigenvalue weighted by atomic mass is 10.2. The van der Waals surface area contributed by atoms with Crippen molar-refractivity contribution >= 4 is 37.6 Å². The summed E-state index contributed by atoms with van der Waals surface area (Å²) in [4.78, 5) is 25.5. The predicted molar refractivity (Wildman–Crippen MR) is 92.4 cm³/mol. The molecule has 2 rings (SSSR count). The van der Waals surface area contributed by atoms with E-state index in [1.165, 1.54) is 24.0 Å². The molecule has 7 nitrogen and oxygen atoms in total. The van der Waals surface area contributed by atoms with Gasteiger partial charge in [0, 0.05) is 17.6 Å². The molecule has 0 aliphatic carbocycles. The second-order valence-electron chi connectivity index (χ2n) is 5.63. The van der Waals surface area contributed by atoms with Gasteiger partial charge in [-0.25, -0.2) is 12.8 Å². The molecular formula is C15H18BrFN2O5S. The summed E-state index contributed by atoms with van der Waals surface area (Å²) >= 11 is 3.12. The number of rotatable bonds is 5. The first-order valence-corrected chi connectivity index (χ1v) is 10.2. The van der Waals surface area contributed by atoms with Gasteiger partial charge in [-0.05, 0) is 25.1 Å². The number of nitrogens with one attached hydrogen (secondary N) is 1. The summed E-state index contributed by atoms with van der Waals surface area (Å²) in [7, 11) is -3.08. The number of benzene rings is 1. The van der Waals surface area contributed by atoms with Crippen LogP contribution < -0.4 is 10.1 Å². The maximum Gasteiger partial charge on any atom is 0.258 e. The van der Waals surface area contributed by atoms with Gasteiger partial charge in [0.25, 0.3) is 5.91 Å². The molecule has 25 heavy (non-hydrogen) atoms. The number of hydrogen-bond acceptors (Lipinski definition) is 5. The molecule has 1 N–H and O–H groups in total. The SMILES string of the molecule is CC(NC(=O)COc1ccc(Br)cc1F)C(=O)N1CCS(=O)(=O)CC1. The zero-order valence-corrected chi connectivity index (χ0v) is 15.9. The van der Waals surface area contributed by atoms with E-state index >= 15 is 0 Å². The first-order chi connectivity index (χ1) is 11.7. The van der Waals surface area contributed by atoms with E-state index in [0.717, 1.165) is 0 Å². The molecule has 1 aromatic carbocycles. The van der Waals surface area contributed by atoms with Gasteiger partial charge in [0.1, 0.15) is 6.04 Å². The Balaban J connectivity index is 1.82. The van der Waals surface area contributed by atoms with Gasteiger partial charge in [-0.3, -0.25) is 9.59 Å². The molecule has 1 heterocycles. The second kappa shape index (κ2) is 8.13. The Morgan fingerprint density at radius 1 is 1.36 bits per heavy atom. The van der Waals surface area contributed by atoms with Crippen molar-refractivity contribution in [3.8, 4) is 5.75 Å². The third-order valence-corrected chi connectivity index (χ3v) is 5.76. The number of amides is 2. The fourth-order valence-electron chi connectivity index (χ4n) is 2.29. The van der Waals surface area contributed by atoms with Crippen LogP contribution in [0, 0.1) is 5.82 Å². The first-order valence-electron chi connectivity index (χ1n) is 7.54. The molecule has 1 unspecified atom stereocenters. The van der Waals surface area contributed by atoms with E-state index < -0.39 is 34.2 Å². The molecule has 138 valence electrons. The number of halogens is 2. The molecule has 1 atom stereocenters. The molecule has 1 aromatic rings. The van der Waals surface area contributed by atoms with Crippen molar-refractivity contribution in [1.82, 2.24) is 10.2 Å². The molecule has 10 heteroatoms. The van der Waals surface area contributed by atoms with E-state index in [-0.39, 0.29) is 36.3 Å². The van der Waals surface area contributed by atoms with Gasteiger partial charge >= 0.3 is 0 Å². The lowest BCUT2D eigenvalue weighted by molar-refractivity contribution is -0.136. The monoisotopic (exact) mass is 436 g/mol. The second-order valence-corrected chi connectivity index (χ2v) is 8.85. The number of nitrogens with zero attached hydrogens (tertiary/aromatic N) is 1. The minimum Gasteiger partial charge on any atom is -0.481 e. The van der Waals surface area contributed by atoms with Crippen LogP contribution in [0.25, 0.3) is 0 Å². The summed E-state index contributed by atoms with van der Waals surface area (Å²) in [5.41, 5.74) is 0. The minimum atomic E-state index is -3.08. The maximum atomic E-state index is 13.6. The number of carbonyl (C=O) groups is 2. The Morgan fingerprint density at radius 2 is 2.00 bits per heavy atom. The lowest BCUT2D eigenvalue weighted by Gasteiger charge is -2.29. The molecule has 0 radical (unpaired) electrons. The van der Waals surface area contributed by atoms with Gasteiger partial charge in [0.05, 0.1) is 11.5 Å². The van der Waals surface area contributed by atoms with Crippen LogP contribution in [0.4, 0.5) is 4.39 Å². The topological polar surface area (TPSA) is 92.8 Å². The molecule has 0 saturated carbocycles. The van der Waals surface area contributed by atoms with Crippen LogP contribution in [0.1, 0.15) is 6.92 Å². The van der Waals surface area contributed by atoms with Gasteiger partial charge in [0.15, 0.2) is 28.0 Å². The third kappa shape index (κ3) is 5.67. The van der Waals surface area contributed by atoms with E-state index in [1.54, 1.807) is 6.07 Å². The van der Waals surface area contributed by atoms with Crippen LogP contribution in [0.2, 0.25) is 0 Å². The fraction of sp³-hybridized carbons (Fsp3) is 0.467. The van der Waals surface area contributed by atoms with Crippen molar-refractivity contribution < 1.29 is 27.1 Å². The van der Waals surface area contributed by atoms with Crippen LogP contribution in [-0.4, -0.2) is 62.4 Å². The molecule has 0 spiro atoms. The first kappa shape index (κ1) is 19.6. The molecule has 0 aromatic heterocycles. The van der Waals surface area contributed by atoms with Crippen molar-refractivity contribution in [2.24, 2.45) is 0 Å². The van der Waals surface area contributed by atoms with E-state index in [1.807, 2.05) is 0 Å². The normalized spacial score (nSPS) is 17.6. The molecule has 1 saturated heterocycles. The summed E-state index contributed by atoms with van der Waals surface area (Å²) in [6, 6.07) is 3.35. The van der Waals surface area contributed by atoms with Crippen molar-refractivity contribution in [2.75, 3.05) is 31.2 Å². The number of carbonyl (C=O) groups excluding carboxylic acids is 2. The van der Waals surface area contributed by atoms with Crippen molar-refractivity contribution in [3.63, 3.8) is 0 Å². The summed E-state index contributed by atoms with van der Waals surface area (Å²) in [6.07, 6.45) is 0. The summed E-state index contributed by atoms with van der Waals surface area (Å²) in [5, 5.41) is 2.46. The quantitative estimate of drug-likeness (QED) is 0.734. The Hall–Kier alpha value is -1.68. The third-order valence-electron chi connectivity index (χ3n) is 3.66. The molecule has 1 aliphatic heterocycles. The maximum absolute atomic E-state index is 13.6. The lowest BCUT2D eigenvalue weighted by Crippen LogP contribution is -2.52. The number of sulfone groups is 1. The van der Waals surface area contributed by atoms with Crippen LogP contribution in [-0.2, 0) is 19.4 Å². The largest absolute Gasteiger partial charge is 0.481 e. The van der Waals surface area contributed by atoms with E-state index in [2.05, 4.69) is 21.2 Å². The van der Waals surface area contributed by atoms with Crippen molar-refractivity contribution in [1.29, 1.82) is 0 Å². The van der Waals surface area contributed by atoms with Crippen LogP contribution in [0.15, 0.2) is 22.7 Å². The Kier molecular flexibility index (Phi) is 6.39. The highest BCUT2D eigenvalue weighted by Crippen LogP contribution is 2.21. The number of hydrogen-bond donors (Lipinski definition) is 1. The van der Waals surface area contributed by atoms with Crippen LogP contribution in [0.5, 0.6) is 5.75 Å². The minimum absolute atomic E-state index is 0.0708. The van der Waals surface area contributed by atoms with E-state index in [4.69, 9.17) is 4.74 Å². The summed E-state index contributed by atoms with van der Waals surface area (Å²) in [6.45, 7) is 1.29. The van der Waals surface area contributed by atoms with Gasteiger partial charge in [-0.1, -0.05) is 15.9 Å². The standard InChI is InChI=1S/C15H18BrFN2O5S/c1-10(15(21)19-4-6-25(22,23)7-5-19)18-14(20)9-24-13-3-2-11(16)8-12(13)17/h2-3,8,10H,4-7,9H2,1H3,(H,18,20). The Morgan fingerprint density at radius 3 is 2.60 bits per heavy atom. The molecular weight excluding hydrogens is 419 g/mol. The van der Waals surface area contributed by atoms with Gasteiger partial charge in [-0.15, -0.1) is 0 Å². The molecule has 1 fully saturated rings. The van der Waals surface area contributed by atoms with Gasteiger partial charge in [-0.2, -0.15) is 0 Å². The van der Waals surface area contributed by atoms with Crippen molar-refractivity contribution in [2.45, 2.75) is 13.0 Å². The van der Waals surface area contributed by atoms with Crippen LogP contribution >= 0.6 is 15.9 Å². The summed E-state index contributed by atoms with van der Waals surface area (Å²) < 4.78 is 42.0. The van der Waals surface area contributed by atoms with E-state index in [0.29, 0.717) is 4.47 Å². The van der Waals surface area contributed by atoms with Gasteiger partial charge < -0.3 is 15.0 Å². The number of ether oxygens (including phenoxy) is 1. The molecule has 0 bridgehead atoms. The van der Waals surface area contributed by atoms with Gasteiger partial charge in [0.2, 0.25) is 5.91 Å². The summed E-state index contributed by atoms with van der Waals surface area (Å²) in [5.74, 6) is -1.78. The van der Waals surface area contributed by atoms with Crippen LogP contribution in [0.3, 0.4) is 0 Å². The highest BCUT2D eigenvalue weighted by molar-refractivity contribution is 9.10. The molecule has 1 aliphatic rings. The fourth-order valence-corrected chi connectivity index (χ4v) is 3.82. The molecule has 2 amide bonds. The smallest absolute Gasteiger partial charge is 0.258 e. The highest BCUT2D eigenvalue weighted by atomic mass is 79.9.